The molecule has 0 unspecified atom stereocenters. The SMILES string of the molecule is CC1(C)c2cc(-c3ccc(-n4c5ccccc5c5ccccc54)cc3)ccc2-c2ccc3c(c21)C(C)(C)C(C)(C)c1ccc2ccccc2c1-3.CC1(C)c2cc(-c3cccc(-c4nc(-c5ccccc5)nc(-c5ccccc5)n4)c3)ccc2-c2cc3c(cc21)C(C)(C)C(C)(C)c1ccccc1-3. The van der Waals surface area contributed by atoms with Crippen molar-refractivity contribution >= 4 is 32.6 Å². The lowest BCUT2D eigenvalue weighted by molar-refractivity contribution is 0.295. The highest BCUT2D eigenvalue weighted by molar-refractivity contribution is 6.09. The Morgan fingerprint density at radius 1 is 0.238 bits per heavy atom. The van der Waals surface area contributed by atoms with Crippen LogP contribution in [-0.2, 0) is 32.5 Å². The third kappa shape index (κ3) is 9.16. The Kier molecular flexibility index (Phi) is 13.7. The average Bonchev–Trinajstić information content (AvgIpc) is 1.28. The lowest BCUT2D eigenvalue weighted by Crippen LogP contribution is -2.45. The first-order valence-corrected chi connectivity index (χ1v) is 36.0. The first-order chi connectivity index (χ1) is 48.6. The number of hydrogen-bond donors (Lipinski definition) is 0. The Balaban J connectivity index is 0.000000145. The number of fused-ring (bicyclic) bond motifs is 18. The van der Waals surface area contributed by atoms with E-state index in [1.807, 2.05) is 60.7 Å². The fraction of sp³-hybridized carbons (Fsp3) is 0.186. The van der Waals surface area contributed by atoms with Gasteiger partial charge in [0.15, 0.2) is 17.5 Å². The molecule has 2 heterocycles. The average molecular weight is 1300 g/mol. The molecule has 0 radical (unpaired) electrons. The molecule has 19 rings (SSSR count). The summed E-state index contributed by atoms with van der Waals surface area (Å²) in [5, 5.41) is 5.25. The highest BCUT2D eigenvalue weighted by Crippen LogP contribution is 2.63. The van der Waals surface area contributed by atoms with Gasteiger partial charge >= 0.3 is 0 Å². The van der Waals surface area contributed by atoms with E-state index in [1.165, 1.54) is 144 Å². The largest absolute Gasteiger partial charge is 0.309 e. The van der Waals surface area contributed by atoms with Gasteiger partial charge in [-0.15, -0.1) is 0 Å². The minimum atomic E-state index is -0.148. The van der Waals surface area contributed by atoms with E-state index in [0.29, 0.717) is 17.5 Å². The fourth-order valence-electron chi connectivity index (χ4n) is 18.1. The van der Waals surface area contributed by atoms with E-state index in [1.54, 1.807) is 0 Å². The van der Waals surface area contributed by atoms with Gasteiger partial charge < -0.3 is 4.57 Å². The molecule has 0 spiro atoms. The molecule has 490 valence electrons. The lowest BCUT2D eigenvalue weighted by Gasteiger charge is -2.50. The summed E-state index contributed by atoms with van der Waals surface area (Å²) in [5.41, 5.74) is 33.5. The van der Waals surface area contributed by atoms with Crippen molar-refractivity contribution in [3.8, 4) is 107 Å². The molecule has 0 bridgehead atoms. The number of benzene rings is 13. The highest BCUT2D eigenvalue weighted by Gasteiger charge is 2.52. The molecule has 4 nitrogen and oxygen atoms in total. The van der Waals surface area contributed by atoms with Crippen LogP contribution in [0.3, 0.4) is 0 Å². The van der Waals surface area contributed by atoms with Gasteiger partial charge in [-0.1, -0.05) is 314 Å². The van der Waals surface area contributed by atoms with Gasteiger partial charge in [0.25, 0.3) is 0 Å². The molecule has 4 aliphatic rings. The minimum absolute atomic E-state index is 0.000858. The van der Waals surface area contributed by atoms with Crippen LogP contribution in [0, 0.1) is 0 Å². The monoisotopic (exact) mass is 1300 g/mol. The summed E-state index contributed by atoms with van der Waals surface area (Å²) < 4.78 is 2.39. The van der Waals surface area contributed by atoms with Crippen molar-refractivity contribution in [3.63, 3.8) is 0 Å². The summed E-state index contributed by atoms with van der Waals surface area (Å²) in [6.07, 6.45) is 0. The predicted molar refractivity (Wildman–Crippen MR) is 423 cm³/mol. The van der Waals surface area contributed by atoms with Crippen molar-refractivity contribution in [1.29, 1.82) is 0 Å². The zero-order chi connectivity index (χ0) is 69.3. The molecule has 0 fully saturated rings. The van der Waals surface area contributed by atoms with Crippen LogP contribution < -0.4 is 0 Å². The zero-order valence-electron chi connectivity index (χ0n) is 59.8. The van der Waals surface area contributed by atoms with Crippen LogP contribution in [0.5, 0.6) is 0 Å². The van der Waals surface area contributed by atoms with Crippen molar-refractivity contribution < 1.29 is 0 Å². The molecule has 2 aromatic heterocycles. The minimum Gasteiger partial charge on any atom is -0.309 e. The summed E-state index contributed by atoms with van der Waals surface area (Å²) in [6.45, 7) is 29.2. The van der Waals surface area contributed by atoms with Gasteiger partial charge in [-0.3, -0.25) is 0 Å². The molecule has 0 amide bonds. The summed E-state index contributed by atoms with van der Waals surface area (Å²) in [6, 6.07) is 102. The van der Waals surface area contributed by atoms with E-state index in [9.17, 15) is 0 Å². The lowest BCUT2D eigenvalue weighted by atomic mass is 9.53. The molecule has 101 heavy (non-hydrogen) atoms. The number of aromatic nitrogens is 4. The van der Waals surface area contributed by atoms with Gasteiger partial charge in [0, 0.05) is 44.0 Å². The van der Waals surface area contributed by atoms with Crippen LogP contribution in [-0.4, -0.2) is 19.5 Å². The second-order valence-electron chi connectivity index (χ2n) is 31.9. The van der Waals surface area contributed by atoms with Crippen molar-refractivity contribution in [2.24, 2.45) is 0 Å². The van der Waals surface area contributed by atoms with Crippen LogP contribution in [0.2, 0.25) is 0 Å². The molecular weight excluding hydrogens is 1220 g/mol. The topological polar surface area (TPSA) is 43.6 Å². The van der Waals surface area contributed by atoms with Crippen molar-refractivity contribution in [1.82, 2.24) is 19.5 Å². The van der Waals surface area contributed by atoms with E-state index in [4.69, 9.17) is 15.0 Å². The van der Waals surface area contributed by atoms with E-state index in [0.717, 1.165) is 22.3 Å². The zero-order valence-corrected chi connectivity index (χ0v) is 59.8. The van der Waals surface area contributed by atoms with Gasteiger partial charge in [0.1, 0.15) is 0 Å². The maximum absolute atomic E-state index is 5.00. The number of nitrogens with zero attached hydrogens (tertiary/aromatic N) is 4. The predicted octanol–water partition coefficient (Wildman–Crippen LogP) is 25.2. The quantitative estimate of drug-likeness (QED) is 0.167. The molecule has 0 saturated carbocycles. The van der Waals surface area contributed by atoms with Crippen molar-refractivity contribution in [3.05, 3.63) is 324 Å². The second kappa shape index (κ2) is 22.2. The van der Waals surface area contributed by atoms with E-state index < -0.39 is 0 Å². The smallest absolute Gasteiger partial charge is 0.164 e. The Morgan fingerprint density at radius 2 is 0.683 bits per heavy atom. The molecular formula is C97H82N4. The number of rotatable bonds is 6. The van der Waals surface area contributed by atoms with Crippen molar-refractivity contribution in [2.75, 3.05) is 0 Å². The van der Waals surface area contributed by atoms with Crippen molar-refractivity contribution in [2.45, 2.75) is 116 Å². The van der Waals surface area contributed by atoms with Gasteiger partial charge in [0.05, 0.1) is 11.0 Å². The van der Waals surface area contributed by atoms with Gasteiger partial charge in [-0.2, -0.15) is 0 Å². The molecule has 0 aliphatic heterocycles. The van der Waals surface area contributed by atoms with Crippen LogP contribution in [0.1, 0.15) is 128 Å². The summed E-state index contributed by atoms with van der Waals surface area (Å²) in [5.74, 6) is 1.99. The first-order valence-electron chi connectivity index (χ1n) is 36.0. The highest BCUT2D eigenvalue weighted by atomic mass is 15.0. The molecule has 15 aromatic rings. The maximum atomic E-state index is 5.00. The fourth-order valence-corrected chi connectivity index (χ4v) is 18.1. The van der Waals surface area contributed by atoms with E-state index >= 15 is 0 Å². The second-order valence-corrected chi connectivity index (χ2v) is 31.9. The van der Waals surface area contributed by atoms with Gasteiger partial charge in [-0.05, 0) is 192 Å². The molecule has 4 aliphatic carbocycles. The van der Waals surface area contributed by atoms with Crippen LogP contribution >= 0.6 is 0 Å². The Morgan fingerprint density at radius 3 is 1.34 bits per heavy atom. The molecule has 13 aromatic carbocycles. The summed E-state index contributed by atoms with van der Waals surface area (Å²) >= 11 is 0. The van der Waals surface area contributed by atoms with Crippen LogP contribution in [0.4, 0.5) is 0 Å². The van der Waals surface area contributed by atoms with E-state index in [-0.39, 0.29) is 32.5 Å². The molecule has 0 saturated heterocycles. The Labute approximate surface area is 594 Å². The number of hydrogen-bond acceptors (Lipinski definition) is 3. The van der Waals surface area contributed by atoms with Gasteiger partial charge in [-0.25, -0.2) is 15.0 Å². The third-order valence-electron chi connectivity index (χ3n) is 25.0. The normalized spacial score (nSPS) is 16.0. The Bertz CT molecular complexity index is 5820. The summed E-state index contributed by atoms with van der Waals surface area (Å²) in [4.78, 5) is 14.9. The Hall–Kier alpha value is -11.1. The third-order valence-corrected chi connectivity index (χ3v) is 25.0. The molecule has 0 N–H and O–H groups in total. The maximum Gasteiger partial charge on any atom is 0.164 e. The van der Waals surface area contributed by atoms with Crippen LogP contribution in [0.15, 0.2) is 279 Å². The first kappa shape index (κ1) is 62.2. The standard InChI is InChI=1S/C49H41N.C48H41N3/c1-47(2)41-29-32(30-19-23-33(24-20-30)50-42-17-11-9-15-36(42)37-16-10-12-18-43(37)50)21-25-35(41)38-26-27-39-44-34-14-8-7-13-31(34)22-28-40(44)48(3,4)49(5,6)46(39)45(38)47;1-46(2)40-27-33(24-25-36(40)37-28-38-35-22-13-14-23-39(35)47(3,4)48(5,6)42(38)29-41(37)46)32-20-15-21-34(26-32)45-50-43(30-16-9-7-10-17-30)49-44(51-45)31-18-11-8-12-19-31/h7-29H,1-6H3;7-29H,1-6H3. The number of para-hydroxylation sites is 2. The van der Waals surface area contributed by atoms with Gasteiger partial charge in [0.2, 0.25) is 0 Å². The molecule has 4 heteroatoms. The van der Waals surface area contributed by atoms with E-state index in [2.05, 4.69) is 306 Å². The van der Waals surface area contributed by atoms with Crippen LogP contribution in [0.25, 0.3) is 139 Å². The summed E-state index contributed by atoms with van der Waals surface area (Å²) in [7, 11) is 0. The molecule has 0 atom stereocenters.